The minimum atomic E-state index is -0.936. The standard InChI is InChI=1S/C48H30O6S4/c49-47(50)31-13-19-39-43(23-31)57-41-21-27(9-17-37(41)55-39)25-53-35-15-11-29-5-1-3-7-33(29)45(35)46-34-8-4-2-6-30(34)12-16-36(46)54-26-28-10-18-38-42(22-28)58-44-24-32(48(51)52)14-20-40(44)56-38/h1-24H,25-26H2,(H,49,50)(H,51,52). The van der Waals surface area contributed by atoms with Gasteiger partial charge < -0.3 is 19.7 Å². The first-order valence-corrected chi connectivity index (χ1v) is 21.6. The van der Waals surface area contributed by atoms with Gasteiger partial charge in [-0.25, -0.2) is 9.59 Å². The number of rotatable bonds is 9. The third-order valence-corrected chi connectivity index (χ3v) is 15.1. The van der Waals surface area contributed by atoms with E-state index in [0.717, 1.165) is 94.5 Å². The van der Waals surface area contributed by atoms with Crippen LogP contribution in [0.25, 0.3) is 32.7 Å². The number of hydrogen-bond donors (Lipinski definition) is 2. The first-order valence-electron chi connectivity index (χ1n) is 18.4. The first-order chi connectivity index (χ1) is 28.3. The zero-order valence-corrected chi connectivity index (χ0v) is 33.7. The molecule has 58 heavy (non-hydrogen) atoms. The second-order valence-corrected chi connectivity index (χ2v) is 18.1. The highest BCUT2D eigenvalue weighted by Crippen LogP contribution is 2.51. The Balaban J connectivity index is 0.980. The SMILES string of the molecule is O=C(O)c1ccc2c(c1)Sc1cc(COc3ccc4ccccc4c3-c3c(OCc4ccc5c(c4)Sc4cc(C(=O)O)ccc4S5)ccc4ccccc34)ccc1S2. The van der Waals surface area contributed by atoms with Gasteiger partial charge in [0.05, 0.1) is 11.1 Å². The lowest BCUT2D eigenvalue weighted by atomic mass is 9.92. The Morgan fingerprint density at radius 2 is 0.793 bits per heavy atom. The monoisotopic (exact) mass is 830 g/mol. The molecule has 0 aromatic heterocycles. The van der Waals surface area contributed by atoms with Crippen molar-refractivity contribution in [1.29, 1.82) is 0 Å². The van der Waals surface area contributed by atoms with E-state index in [4.69, 9.17) is 9.47 Å². The van der Waals surface area contributed by atoms with Crippen LogP contribution in [0.4, 0.5) is 0 Å². The average molecular weight is 831 g/mol. The molecule has 282 valence electrons. The molecule has 8 aromatic rings. The molecule has 0 bridgehead atoms. The number of benzene rings is 8. The second-order valence-electron chi connectivity index (χ2n) is 13.8. The molecule has 2 N–H and O–H groups in total. The Morgan fingerprint density at radius 1 is 0.414 bits per heavy atom. The van der Waals surface area contributed by atoms with E-state index in [9.17, 15) is 19.8 Å². The Labute approximate surface area is 350 Å². The van der Waals surface area contributed by atoms with Crippen LogP contribution in [0, 0.1) is 0 Å². The molecular formula is C48H30O6S4. The Hall–Kier alpha value is -5.78. The predicted molar refractivity (Wildman–Crippen MR) is 232 cm³/mol. The summed E-state index contributed by atoms with van der Waals surface area (Å²) in [7, 11) is 0. The van der Waals surface area contributed by atoms with E-state index in [0.29, 0.717) is 13.2 Å². The van der Waals surface area contributed by atoms with Crippen LogP contribution in [-0.4, -0.2) is 22.2 Å². The number of carboxylic acid groups (broad SMARTS) is 2. The van der Waals surface area contributed by atoms with Gasteiger partial charge in [-0.15, -0.1) is 0 Å². The van der Waals surface area contributed by atoms with Crippen molar-refractivity contribution < 1.29 is 29.3 Å². The van der Waals surface area contributed by atoms with Crippen molar-refractivity contribution in [2.24, 2.45) is 0 Å². The molecule has 0 spiro atoms. The summed E-state index contributed by atoms with van der Waals surface area (Å²) in [4.78, 5) is 31.7. The Morgan fingerprint density at radius 3 is 1.22 bits per heavy atom. The molecule has 0 fully saturated rings. The van der Waals surface area contributed by atoms with Crippen molar-refractivity contribution in [3.05, 3.63) is 168 Å². The zero-order chi connectivity index (χ0) is 39.3. The van der Waals surface area contributed by atoms with Crippen molar-refractivity contribution in [2.45, 2.75) is 52.4 Å². The highest BCUT2D eigenvalue weighted by molar-refractivity contribution is 8.05. The summed E-state index contributed by atoms with van der Waals surface area (Å²) in [6.45, 7) is 0.656. The molecule has 8 aromatic carbocycles. The van der Waals surface area contributed by atoms with Gasteiger partial charge in [0, 0.05) is 50.3 Å². The van der Waals surface area contributed by atoms with E-state index in [1.165, 1.54) is 0 Å². The fraction of sp³-hybridized carbons (Fsp3) is 0.0417. The maximum atomic E-state index is 11.7. The molecule has 6 nitrogen and oxygen atoms in total. The van der Waals surface area contributed by atoms with Crippen LogP contribution >= 0.6 is 47.0 Å². The van der Waals surface area contributed by atoms with Gasteiger partial charge in [0.1, 0.15) is 24.7 Å². The van der Waals surface area contributed by atoms with Crippen LogP contribution in [0.1, 0.15) is 31.8 Å². The summed E-state index contributed by atoms with van der Waals surface area (Å²) in [6.07, 6.45) is 0. The summed E-state index contributed by atoms with van der Waals surface area (Å²) in [5.41, 5.74) is 4.46. The van der Waals surface area contributed by atoms with Gasteiger partial charge in [0.25, 0.3) is 0 Å². The summed E-state index contributed by atoms with van der Waals surface area (Å²) >= 11 is 6.47. The van der Waals surface area contributed by atoms with Crippen molar-refractivity contribution in [1.82, 2.24) is 0 Å². The lowest BCUT2D eigenvalue weighted by Gasteiger charge is -2.21. The average Bonchev–Trinajstić information content (AvgIpc) is 3.25. The van der Waals surface area contributed by atoms with Crippen LogP contribution in [-0.2, 0) is 13.2 Å². The lowest BCUT2D eigenvalue weighted by molar-refractivity contribution is 0.0685. The molecule has 0 saturated heterocycles. The summed E-state index contributed by atoms with van der Waals surface area (Å²) in [5, 5.41) is 23.4. The highest BCUT2D eigenvalue weighted by Gasteiger charge is 2.23. The van der Waals surface area contributed by atoms with Gasteiger partial charge in [-0.3, -0.25) is 0 Å². The zero-order valence-electron chi connectivity index (χ0n) is 30.4. The van der Waals surface area contributed by atoms with Gasteiger partial charge in [0.2, 0.25) is 0 Å². The van der Waals surface area contributed by atoms with Crippen LogP contribution in [0.15, 0.2) is 185 Å². The van der Waals surface area contributed by atoms with Gasteiger partial charge in [0.15, 0.2) is 0 Å². The third-order valence-electron chi connectivity index (χ3n) is 10.1. The van der Waals surface area contributed by atoms with Crippen molar-refractivity contribution in [3.8, 4) is 22.6 Å². The van der Waals surface area contributed by atoms with Crippen molar-refractivity contribution in [2.75, 3.05) is 0 Å². The van der Waals surface area contributed by atoms with Crippen LogP contribution in [0.3, 0.4) is 0 Å². The predicted octanol–water partition coefficient (Wildman–Crippen LogP) is 13.4. The molecular weight excluding hydrogens is 801 g/mol. The fourth-order valence-electron chi connectivity index (χ4n) is 7.28. The molecule has 0 saturated carbocycles. The van der Waals surface area contributed by atoms with Crippen molar-refractivity contribution >= 4 is 80.5 Å². The second kappa shape index (κ2) is 15.2. The van der Waals surface area contributed by atoms with Gasteiger partial charge in [-0.2, -0.15) is 0 Å². The Kier molecular flexibility index (Phi) is 9.57. The van der Waals surface area contributed by atoms with Gasteiger partial charge in [-0.05, 0) is 105 Å². The fourth-order valence-corrected chi connectivity index (χ4v) is 11.9. The van der Waals surface area contributed by atoms with E-state index < -0.39 is 11.9 Å². The first kappa shape index (κ1) is 36.6. The minimum absolute atomic E-state index is 0.278. The molecule has 2 heterocycles. The van der Waals surface area contributed by atoms with E-state index >= 15 is 0 Å². The van der Waals surface area contributed by atoms with Crippen LogP contribution in [0.5, 0.6) is 11.5 Å². The summed E-state index contributed by atoms with van der Waals surface area (Å²) in [6, 6.07) is 48.2. The molecule has 0 atom stereocenters. The van der Waals surface area contributed by atoms with E-state index in [1.807, 2.05) is 48.5 Å². The van der Waals surface area contributed by atoms with Gasteiger partial charge >= 0.3 is 11.9 Å². The molecule has 10 heteroatoms. The molecule has 0 radical (unpaired) electrons. The van der Waals surface area contributed by atoms with Crippen molar-refractivity contribution in [3.63, 3.8) is 0 Å². The maximum absolute atomic E-state index is 11.7. The number of aromatic carboxylic acids is 2. The summed E-state index contributed by atoms with van der Waals surface area (Å²) < 4.78 is 13.6. The molecule has 0 unspecified atom stereocenters. The largest absolute Gasteiger partial charge is 0.488 e. The van der Waals surface area contributed by atoms with E-state index in [1.54, 1.807) is 71.3 Å². The topological polar surface area (TPSA) is 93.1 Å². The number of ether oxygens (including phenoxy) is 2. The number of carboxylic acids is 2. The number of fused-ring (bicyclic) bond motifs is 6. The van der Waals surface area contributed by atoms with E-state index in [-0.39, 0.29) is 11.1 Å². The molecule has 2 aliphatic heterocycles. The van der Waals surface area contributed by atoms with E-state index in [2.05, 4.69) is 72.8 Å². The quantitative estimate of drug-likeness (QED) is 0.146. The number of hydrogen-bond acceptors (Lipinski definition) is 8. The number of carbonyl (C=O) groups is 2. The Bertz CT molecular complexity index is 2800. The summed E-state index contributed by atoms with van der Waals surface area (Å²) in [5.74, 6) is -0.403. The van der Waals surface area contributed by atoms with Gasteiger partial charge in [-0.1, -0.05) is 120 Å². The molecule has 2 aliphatic rings. The molecule has 0 amide bonds. The third kappa shape index (κ3) is 6.96. The van der Waals surface area contributed by atoms with Crippen LogP contribution in [0.2, 0.25) is 0 Å². The smallest absolute Gasteiger partial charge is 0.335 e. The molecule has 10 rings (SSSR count). The maximum Gasteiger partial charge on any atom is 0.335 e. The minimum Gasteiger partial charge on any atom is -0.488 e. The lowest BCUT2D eigenvalue weighted by Crippen LogP contribution is -2.02. The normalized spacial score (nSPS) is 12.6. The van der Waals surface area contributed by atoms with Crippen LogP contribution < -0.4 is 9.47 Å². The molecule has 0 aliphatic carbocycles. The highest BCUT2D eigenvalue weighted by atomic mass is 32.2.